The minimum atomic E-state index is -0.453. The van der Waals surface area contributed by atoms with Crippen LogP contribution in [0.1, 0.15) is 20.8 Å². The Morgan fingerprint density at radius 3 is 2.37 bits per heavy atom. The van der Waals surface area contributed by atoms with Crippen LogP contribution in [0.15, 0.2) is 66.9 Å². The number of anilines is 2. The summed E-state index contributed by atoms with van der Waals surface area (Å²) in [4.78, 5) is 28.8. The van der Waals surface area contributed by atoms with Crippen LogP contribution in [0, 0.1) is 0 Å². The average molecular weight is 382 g/mol. The van der Waals surface area contributed by atoms with Crippen LogP contribution in [0.4, 0.5) is 11.4 Å². The molecule has 2 N–H and O–H groups in total. The van der Waals surface area contributed by atoms with E-state index in [9.17, 15) is 9.59 Å². The van der Waals surface area contributed by atoms with E-state index in [1.807, 2.05) is 18.2 Å². The predicted octanol–water partition coefficient (Wildman–Crippen LogP) is 4.25. The van der Waals surface area contributed by atoms with Crippen molar-refractivity contribution in [2.75, 3.05) is 17.7 Å². The number of aromatic nitrogens is 1. The zero-order chi connectivity index (χ0) is 19.2. The van der Waals surface area contributed by atoms with Crippen LogP contribution in [-0.2, 0) is 0 Å². The highest BCUT2D eigenvalue weighted by molar-refractivity contribution is 6.32. The summed E-state index contributed by atoms with van der Waals surface area (Å²) >= 11 is 6.06. The van der Waals surface area contributed by atoms with Gasteiger partial charge >= 0.3 is 0 Å². The van der Waals surface area contributed by atoms with Crippen molar-refractivity contribution in [2.24, 2.45) is 0 Å². The first kappa shape index (κ1) is 18.4. The van der Waals surface area contributed by atoms with E-state index in [0.29, 0.717) is 27.7 Å². The maximum Gasteiger partial charge on any atom is 0.274 e. The SMILES string of the molecule is COc1ccc(NC(=O)c2cc(C(=O)Nc3ccccc3)ccn2)cc1Cl. The molecule has 6 nitrogen and oxygen atoms in total. The predicted molar refractivity (Wildman–Crippen MR) is 105 cm³/mol. The van der Waals surface area contributed by atoms with Gasteiger partial charge in [-0.05, 0) is 42.5 Å². The van der Waals surface area contributed by atoms with E-state index >= 15 is 0 Å². The summed E-state index contributed by atoms with van der Waals surface area (Å²) < 4.78 is 5.08. The molecule has 136 valence electrons. The van der Waals surface area contributed by atoms with Crippen LogP contribution < -0.4 is 15.4 Å². The van der Waals surface area contributed by atoms with Crippen molar-refractivity contribution in [3.8, 4) is 5.75 Å². The van der Waals surface area contributed by atoms with Gasteiger partial charge in [0.05, 0.1) is 12.1 Å². The van der Waals surface area contributed by atoms with Crippen molar-refractivity contribution in [3.63, 3.8) is 0 Å². The minimum Gasteiger partial charge on any atom is -0.495 e. The van der Waals surface area contributed by atoms with Gasteiger partial charge in [0.1, 0.15) is 11.4 Å². The lowest BCUT2D eigenvalue weighted by Gasteiger charge is -2.09. The second-order valence-corrected chi connectivity index (χ2v) is 5.96. The number of carbonyl (C=O) groups is 2. The fourth-order valence-electron chi connectivity index (χ4n) is 2.36. The van der Waals surface area contributed by atoms with Crippen molar-refractivity contribution in [3.05, 3.63) is 83.1 Å². The summed E-state index contributed by atoms with van der Waals surface area (Å²) in [6.45, 7) is 0. The molecule has 7 heteroatoms. The Labute approximate surface area is 161 Å². The van der Waals surface area contributed by atoms with Crippen LogP contribution in [0.3, 0.4) is 0 Å². The number of methoxy groups -OCH3 is 1. The number of nitrogens with zero attached hydrogens (tertiary/aromatic N) is 1. The van der Waals surface area contributed by atoms with Crippen molar-refractivity contribution in [1.29, 1.82) is 0 Å². The summed E-state index contributed by atoms with van der Waals surface area (Å²) in [5, 5.41) is 5.83. The van der Waals surface area contributed by atoms with Gasteiger partial charge in [-0.1, -0.05) is 29.8 Å². The van der Waals surface area contributed by atoms with E-state index < -0.39 is 5.91 Å². The molecule has 27 heavy (non-hydrogen) atoms. The summed E-state index contributed by atoms with van der Waals surface area (Å²) in [5.41, 5.74) is 1.60. The van der Waals surface area contributed by atoms with Gasteiger partial charge < -0.3 is 15.4 Å². The first-order chi connectivity index (χ1) is 13.1. The van der Waals surface area contributed by atoms with Crippen molar-refractivity contribution >= 4 is 34.8 Å². The number of pyridine rings is 1. The van der Waals surface area contributed by atoms with Crippen LogP contribution in [-0.4, -0.2) is 23.9 Å². The van der Waals surface area contributed by atoms with E-state index in [1.165, 1.54) is 19.4 Å². The molecule has 0 aliphatic carbocycles. The van der Waals surface area contributed by atoms with Gasteiger partial charge in [0, 0.05) is 23.1 Å². The Balaban J connectivity index is 1.73. The average Bonchev–Trinajstić information content (AvgIpc) is 2.69. The van der Waals surface area contributed by atoms with Crippen LogP contribution in [0.25, 0.3) is 0 Å². The normalized spacial score (nSPS) is 10.1. The largest absolute Gasteiger partial charge is 0.495 e. The molecule has 2 aromatic carbocycles. The lowest BCUT2D eigenvalue weighted by Crippen LogP contribution is -2.17. The Morgan fingerprint density at radius 1 is 0.926 bits per heavy atom. The van der Waals surface area contributed by atoms with Gasteiger partial charge in [0.2, 0.25) is 0 Å². The lowest BCUT2D eigenvalue weighted by molar-refractivity contribution is 0.102. The van der Waals surface area contributed by atoms with E-state index in [0.717, 1.165) is 0 Å². The molecule has 0 fully saturated rings. The molecule has 0 spiro atoms. The quantitative estimate of drug-likeness (QED) is 0.692. The highest BCUT2D eigenvalue weighted by atomic mass is 35.5. The molecular formula is C20H16ClN3O3. The lowest BCUT2D eigenvalue weighted by atomic mass is 10.2. The third-order valence-electron chi connectivity index (χ3n) is 3.70. The number of rotatable bonds is 5. The Morgan fingerprint density at radius 2 is 1.67 bits per heavy atom. The summed E-state index contributed by atoms with van der Waals surface area (Å²) in [7, 11) is 1.51. The third-order valence-corrected chi connectivity index (χ3v) is 3.99. The van der Waals surface area contributed by atoms with Crippen molar-refractivity contribution in [1.82, 2.24) is 4.98 Å². The van der Waals surface area contributed by atoms with Gasteiger partial charge in [-0.2, -0.15) is 0 Å². The number of nitrogens with one attached hydrogen (secondary N) is 2. The van der Waals surface area contributed by atoms with Gasteiger partial charge in [-0.3, -0.25) is 14.6 Å². The second-order valence-electron chi connectivity index (χ2n) is 5.55. The molecule has 0 radical (unpaired) electrons. The molecule has 3 aromatic rings. The van der Waals surface area contributed by atoms with Gasteiger partial charge in [-0.15, -0.1) is 0 Å². The summed E-state index contributed by atoms with van der Waals surface area (Å²) in [6.07, 6.45) is 1.41. The maximum absolute atomic E-state index is 12.4. The highest BCUT2D eigenvalue weighted by Gasteiger charge is 2.13. The number of hydrogen-bond acceptors (Lipinski definition) is 4. The molecular weight excluding hydrogens is 366 g/mol. The van der Waals surface area contributed by atoms with E-state index in [1.54, 1.807) is 36.4 Å². The Hall–Kier alpha value is -3.38. The molecule has 0 aliphatic rings. The zero-order valence-corrected chi connectivity index (χ0v) is 15.2. The van der Waals surface area contributed by atoms with Crippen molar-refractivity contribution in [2.45, 2.75) is 0 Å². The molecule has 1 aromatic heterocycles. The second kappa shape index (κ2) is 8.33. The molecule has 2 amide bonds. The molecule has 0 aliphatic heterocycles. The number of carbonyl (C=O) groups excluding carboxylic acids is 2. The molecule has 3 rings (SSSR count). The molecule has 0 saturated heterocycles. The molecule has 0 saturated carbocycles. The number of para-hydroxylation sites is 1. The standard InChI is InChI=1S/C20H16ClN3O3/c1-27-18-8-7-15(12-16(18)21)24-20(26)17-11-13(9-10-22-17)19(25)23-14-5-3-2-4-6-14/h2-12H,1H3,(H,23,25)(H,24,26). The molecule has 0 atom stereocenters. The third kappa shape index (κ3) is 4.62. The van der Waals surface area contributed by atoms with Gasteiger partial charge in [0.15, 0.2) is 0 Å². The summed E-state index contributed by atoms with van der Waals surface area (Å²) in [5.74, 6) is -0.275. The number of amides is 2. The number of ether oxygens (including phenoxy) is 1. The number of halogens is 1. The zero-order valence-electron chi connectivity index (χ0n) is 14.4. The molecule has 1 heterocycles. The first-order valence-electron chi connectivity index (χ1n) is 8.04. The first-order valence-corrected chi connectivity index (χ1v) is 8.42. The number of benzene rings is 2. The fourth-order valence-corrected chi connectivity index (χ4v) is 2.62. The summed E-state index contributed by atoms with van der Waals surface area (Å²) in [6, 6.07) is 16.9. The maximum atomic E-state index is 12.4. The highest BCUT2D eigenvalue weighted by Crippen LogP contribution is 2.27. The van der Waals surface area contributed by atoms with Crippen LogP contribution in [0.2, 0.25) is 5.02 Å². The molecule has 0 unspecified atom stereocenters. The topological polar surface area (TPSA) is 80.3 Å². The van der Waals surface area contributed by atoms with Crippen molar-refractivity contribution < 1.29 is 14.3 Å². The van der Waals surface area contributed by atoms with Crippen LogP contribution >= 0.6 is 11.6 Å². The van der Waals surface area contributed by atoms with E-state index in [-0.39, 0.29) is 11.6 Å². The van der Waals surface area contributed by atoms with Gasteiger partial charge in [-0.25, -0.2) is 0 Å². The monoisotopic (exact) mass is 381 g/mol. The van der Waals surface area contributed by atoms with Gasteiger partial charge in [0.25, 0.3) is 11.8 Å². The van der Waals surface area contributed by atoms with Crippen LogP contribution in [0.5, 0.6) is 5.75 Å². The molecule has 0 bridgehead atoms. The smallest absolute Gasteiger partial charge is 0.274 e. The number of hydrogen-bond donors (Lipinski definition) is 2. The Bertz CT molecular complexity index is 977. The van der Waals surface area contributed by atoms with E-state index in [4.69, 9.17) is 16.3 Å². The fraction of sp³-hybridized carbons (Fsp3) is 0.0500. The minimum absolute atomic E-state index is 0.114. The Kier molecular flexibility index (Phi) is 5.68. The van der Waals surface area contributed by atoms with E-state index in [2.05, 4.69) is 15.6 Å².